The molecule has 4 aliphatic rings. The molecule has 0 aliphatic heterocycles. The molecule has 5 heteroatoms. The van der Waals surface area contributed by atoms with Crippen molar-refractivity contribution in [3.05, 3.63) is 0 Å². The molecule has 8 unspecified atom stereocenters. The van der Waals surface area contributed by atoms with Gasteiger partial charge < -0.3 is 5.11 Å². The van der Waals surface area contributed by atoms with Crippen molar-refractivity contribution in [3.8, 4) is 0 Å². The second-order valence-corrected chi connectivity index (χ2v) is 7.95. The number of alkyl halides is 4. The van der Waals surface area contributed by atoms with E-state index in [-0.39, 0.29) is 17.8 Å². The smallest absolute Gasteiger partial charge is 0.381 e. The minimum absolute atomic E-state index is 0.0782. The van der Waals surface area contributed by atoms with E-state index in [1.807, 2.05) is 6.92 Å². The number of rotatable bonds is 1. The maximum atomic E-state index is 15.1. The molecule has 1 N–H and O–H groups in total. The molecule has 0 amide bonds. The van der Waals surface area contributed by atoms with Crippen LogP contribution in [0.15, 0.2) is 0 Å². The molecule has 0 aromatic heterocycles. The fourth-order valence-corrected chi connectivity index (χ4v) is 6.72. The van der Waals surface area contributed by atoms with Crippen LogP contribution in [0.2, 0.25) is 0 Å². The summed E-state index contributed by atoms with van der Waals surface area (Å²) in [6, 6.07) is 0. The summed E-state index contributed by atoms with van der Waals surface area (Å²) >= 11 is 0. The third-order valence-electron chi connectivity index (χ3n) is 6.99. The predicted octanol–water partition coefficient (Wildman–Crippen LogP) is 3.71. The van der Waals surface area contributed by atoms with Gasteiger partial charge >= 0.3 is 6.18 Å². The SMILES string of the molecule is CC12CC(C3C4CCC(C4)C31)C(F)(C(O)C(F)(F)F)C2. The fraction of sp³-hybridized carbons (Fsp3) is 1.00. The lowest BCUT2D eigenvalue weighted by Crippen LogP contribution is -2.55. The highest BCUT2D eigenvalue weighted by Gasteiger charge is 2.75. The van der Waals surface area contributed by atoms with Crippen LogP contribution in [-0.2, 0) is 0 Å². The summed E-state index contributed by atoms with van der Waals surface area (Å²) in [7, 11) is 0. The van der Waals surface area contributed by atoms with Gasteiger partial charge in [-0.25, -0.2) is 4.39 Å². The van der Waals surface area contributed by atoms with Gasteiger partial charge in [0.25, 0.3) is 0 Å². The zero-order valence-corrected chi connectivity index (χ0v) is 11.5. The van der Waals surface area contributed by atoms with Gasteiger partial charge in [0.2, 0.25) is 0 Å². The Morgan fingerprint density at radius 3 is 2.50 bits per heavy atom. The van der Waals surface area contributed by atoms with Crippen molar-refractivity contribution in [2.45, 2.75) is 57.0 Å². The van der Waals surface area contributed by atoms with Crippen LogP contribution in [0, 0.1) is 35.0 Å². The van der Waals surface area contributed by atoms with Gasteiger partial charge in [-0.05, 0) is 67.1 Å². The average Bonchev–Trinajstić information content (AvgIpc) is 3.02. The minimum atomic E-state index is -4.86. The van der Waals surface area contributed by atoms with Gasteiger partial charge in [0, 0.05) is 0 Å². The molecule has 0 aromatic rings. The van der Waals surface area contributed by atoms with Crippen molar-refractivity contribution in [1.29, 1.82) is 0 Å². The standard InChI is InChI=1S/C15H20F4O/c1-13-5-9(10-7-2-3-8(4-7)11(10)13)14(16,6-13)12(20)15(17,18)19/h7-12,20H,2-6H2,1H3. The number of halogens is 4. The Labute approximate surface area is 115 Å². The average molecular weight is 292 g/mol. The lowest BCUT2D eigenvalue weighted by molar-refractivity contribution is -0.257. The molecule has 8 atom stereocenters. The summed E-state index contributed by atoms with van der Waals surface area (Å²) in [6.45, 7) is 1.95. The largest absolute Gasteiger partial charge is 0.417 e. The number of hydrogen-bond donors (Lipinski definition) is 1. The second-order valence-electron chi connectivity index (χ2n) is 7.95. The van der Waals surface area contributed by atoms with E-state index in [4.69, 9.17) is 0 Å². The summed E-state index contributed by atoms with van der Waals surface area (Å²) in [5, 5.41) is 9.57. The maximum Gasteiger partial charge on any atom is 0.417 e. The summed E-state index contributed by atoms with van der Waals surface area (Å²) in [6.07, 6.45) is -4.00. The van der Waals surface area contributed by atoms with Crippen LogP contribution in [-0.4, -0.2) is 23.1 Å². The first-order valence-corrected chi connectivity index (χ1v) is 7.60. The Bertz CT molecular complexity index is 450. The molecule has 1 nitrogen and oxygen atoms in total. The van der Waals surface area contributed by atoms with E-state index in [0.717, 1.165) is 19.3 Å². The van der Waals surface area contributed by atoms with Crippen LogP contribution in [0.3, 0.4) is 0 Å². The third-order valence-corrected chi connectivity index (χ3v) is 6.99. The highest BCUT2D eigenvalue weighted by molar-refractivity contribution is 5.22. The molecule has 4 rings (SSSR count). The molecule has 0 radical (unpaired) electrons. The molecular formula is C15H20F4O. The van der Waals surface area contributed by atoms with Crippen molar-refractivity contribution < 1.29 is 22.7 Å². The van der Waals surface area contributed by atoms with E-state index in [1.165, 1.54) is 0 Å². The molecule has 0 saturated heterocycles. The van der Waals surface area contributed by atoms with Gasteiger partial charge in [0.05, 0.1) is 0 Å². The van der Waals surface area contributed by atoms with Crippen LogP contribution in [0.1, 0.15) is 39.0 Å². The highest BCUT2D eigenvalue weighted by Crippen LogP contribution is 2.76. The topological polar surface area (TPSA) is 20.2 Å². The normalized spacial score (nSPS) is 58.2. The summed E-state index contributed by atoms with van der Waals surface area (Å²) in [4.78, 5) is 0. The van der Waals surface area contributed by atoms with E-state index < -0.39 is 23.9 Å². The quantitative estimate of drug-likeness (QED) is 0.577. The lowest BCUT2D eigenvalue weighted by atomic mass is 9.60. The minimum Gasteiger partial charge on any atom is -0.381 e. The zero-order valence-electron chi connectivity index (χ0n) is 11.5. The third kappa shape index (κ3) is 1.38. The van der Waals surface area contributed by atoms with Gasteiger partial charge in [0.1, 0.15) is 5.67 Å². The predicted molar refractivity (Wildman–Crippen MR) is 64.5 cm³/mol. The first-order chi connectivity index (χ1) is 9.17. The fourth-order valence-electron chi connectivity index (χ4n) is 6.72. The van der Waals surface area contributed by atoms with Crippen molar-refractivity contribution in [1.82, 2.24) is 0 Å². The first kappa shape index (κ1) is 13.4. The first-order valence-electron chi connectivity index (χ1n) is 7.60. The van der Waals surface area contributed by atoms with Gasteiger partial charge in [0.15, 0.2) is 6.10 Å². The number of hydrogen-bond acceptors (Lipinski definition) is 1. The van der Waals surface area contributed by atoms with E-state index in [9.17, 15) is 18.3 Å². The van der Waals surface area contributed by atoms with E-state index >= 15 is 4.39 Å². The zero-order chi connectivity index (χ0) is 14.5. The van der Waals surface area contributed by atoms with Crippen molar-refractivity contribution in [3.63, 3.8) is 0 Å². The second kappa shape index (κ2) is 3.53. The van der Waals surface area contributed by atoms with Crippen molar-refractivity contribution in [2.24, 2.45) is 35.0 Å². The van der Waals surface area contributed by atoms with Gasteiger partial charge in [-0.1, -0.05) is 6.92 Å². The summed E-state index contributed by atoms with van der Waals surface area (Å²) in [5.41, 5.74) is -2.80. The maximum absolute atomic E-state index is 15.1. The van der Waals surface area contributed by atoms with Crippen LogP contribution in [0.4, 0.5) is 17.6 Å². The Morgan fingerprint density at radius 2 is 1.85 bits per heavy atom. The van der Waals surface area contributed by atoms with Crippen molar-refractivity contribution in [2.75, 3.05) is 0 Å². The molecule has 20 heavy (non-hydrogen) atoms. The van der Waals surface area contributed by atoms with Crippen LogP contribution < -0.4 is 0 Å². The summed E-state index contributed by atoms with van der Waals surface area (Å²) < 4.78 is 53.6. The van der Waals surface area contributed by atoms with Crippen molar-refractivity contribution >= 4 is 0 Å². The Hall–Kier alpha value is -0.320. The Balaban J connectivity index is 1.71. The van der Waals surface area contributed by atoms with Gasteiger partial charge in [-0.2, -0.15) is 13.2 Å². The summed E-state index contributed by atoms with van der Waals surface area (Å²) in [5.74, 6) is 0.870. The number of aliphatic hydroxyl groups is 1. The van der Waals surface area contributed by atoms with Crippen LogP contribution in [0.5, 0.6) is 0 Å². The molecule has 0 spiro atoms. The van der Waals surface area contributed by atoms with E-state index in [0.29, 0.717) is 24.2 Å². The highest BCUT2D eigenvalue weighted by atomic mass is 19.4. The lowest BCUT2D eigenvalue weighted by Gasteiger charge is -2.47. The Morgan fingerprint density at radius 1 is 1.20 bits per heavy atom. The molecule has 4 bridgehead atoms. The Kier molecular flexibility index (Phi) is 2.36. The van der Waals surface area contributed by atoms with Gasteiger partial charge in [-0.15, -0.1) is 0 Å². The van der Waals surface area contributed by atoms with Crippen LogP contribution in [0.25, 0.3) is 0 Å². The molecule has 4 fully saturated rings. The number of aliphatic hydroxyl groups excluding tert-OH is 1. The van der Waals surface area contributed by atoms with E-state index in [2.05, 4.69) is 0 Å². The molecule has 0 aromatic carbocycles. The molecule has 4 saturated carbocycles. The van der Waals surface area contributed by atoms with Gasteiger partial charge in [-0.3, -0.25) is 0 Å². The van der Waals surface area contributed by atoms with Crippen LogP contribution >= 0.6 is 0 Å². The van der Waals surface area contributed by atoms with E-state index in [1.54, 1.807) is 0 Å². The number of fused-ring (bicyclic) bond motifs is 9. The molecule has 0 heterocycles. The molecule has 4 aliphatic carbocycles. The monoisotopic (exact) mass is 292 g/mol. The molecule has 114 valence electrons. The molecular weight excluding hydrogens is 272 g/mol.